The zero-order valence-electron chi connectivity index (χ0n) is 16.5. The van der Waals surface area contributed by atoms with Crippen LogP contribution >= 0.6 is 23.2 Å². The molecule has 0 fully saturated rings. The number of para-hydroxylation sites is 1. The van der Waals surface area contributed by atoms with Crippen LogP contribution in [-0.4, -0.2) is 11.7 Å². The highest BCUT2D eigenvalue weighted by molar-refractivity contribution is 6.31. The van der Waals surface area contributed by atoms with Gasteiger partial charge in [0.05, 0.1) is 17.2 Å². The minimum absolute atomic E-state index is 0.130. The summed E-state index contributed by atoms with van der Waals surface area (Å²) < 4.78 is 5.59. The van der Waals surface area contributed by atoms with Gasteiger partial charge in [0.25, 0.3) is 0 Å². The third kappa shape index (κ3) is 4.26. The Hall–Kier alpha value is -2.66. The monoisotopic (exact) mass is 441 g/mol. The highest BCUT2D eigenvalue weighted by atomic mass is 35.5. The van der Waals surface area contributed by atoms with Crippen LogP contribution in [0.5, 0.6) is 11.5 Å². The molecule has 0 radical (unpaired) electrons. The predicted molar refractivity (Wildman–Crippen MR) is 121 cm³/mol. The van der Waals surface area contributed by atoms with E-state index in [9.17, 15) is 5.11 Å². The molecule has 1 heterocycles. The number of phenols is 1. The first-order valence-corrected chi connectivity index (χ1v) is 10.6. The van der Waals surface area contributed by atoms with Crippen molar-refractivity contribution in [2.24, 2.45) is 0 Å². The molecule has 0 amide bonds. The second-order valence-corrected chi connectivity index (χ2v) is 7.92. The number of nitrogens with two attached hydrogens (primary N) is 1. The van der Waals surface area contributed by atoms with Crippen LogP contribution in [0.3, 0.4) is 0 Å². The molecule has 3 aromatic carbocycles. The quantitative estimate of drug-likeness (QED) is 0.519. The van der Waals surface area contributed by atoms with Crippen LogP contribution in [0.2, 0.25) is 10.0 Å². The van der Waals surface area contributed by atoms with E-state index in [1.165, 1.54) is 0 Å². The molecule has 30 heavy (non-hydrogen) atoms. The van der Waals surface area contributed by atoms with Crippen molar-refractivity contribution in [1.29, 1.82) is 0 Å². The number of hydrogen-bond donors (Lipinski definition) is 3. The Morgan fingerprint density at radius 1 is 0.967 bits per heavy atom. The Balaban J connectivity index is 1.78. The van der Waals surface area contributed by atoms with Gasteiger partial charge in [0.15, 0.2) is 17.7 Å². The zero-order valence-corrected chi connectivity index (χ0v) is 18.0. The highest BCUT2D eigenvalue weighted by Gasteiger charge is 2.31. The maximum absolute atomic E-state index is 10.8. The fraction of sp³-hybridized carbons (Fsp3) is 0.167. The Morgan fingerprint density at radius 3 is 2.43 bits per heavy atom. The fourth-order valence-corrected chi connectivity index (χ4v) is 4.08. The van der Waals surface area contributed by atoms with Gasteiger partial charge in [-0.15, -0.1) is 0 Å². The lowest BCUT2D eigenvalue weighted by atomic mass is 9.97. The number of phenolic OH excluding ortho intramolecular Hbond substituents is 1. The third-order valence-corrected chi connectivity index (χ3v) is 5.74. The van der Waals surface area contributed by atoms with Crippen molar-refractivity contribution < 1.29 is 15.2 Å². The van der Waals surface area contributed by atoms with Gasteiger partial charge in [0.2, 0.25) is 0 Å². The topological polar surface area (TPSA) is 58.1 Å². The molecule has 0 saturated heterocycles. The number of hydrogen-bond acceptors (Lipinski definition) is 3. The second-order valence-electron chi connectivity index (χ2n) is 7.08. The lowest BCUT2D eigenvalue weighted by Crippen LogP contribution is -2.89. The predicted octanol–water partition coefficient (Wildman–Crippen LogP) is 5.05. The van der Waals surface area contributed by atoms with E-state index in [2.05, 4.69) is 16.7 Å². The maximum Gasteiger partial charge on any atom is 0.188 e. The third-order valence-electron chi connectivity index (χ3n) is 5.14. The van der Waals surface area contributed by atoms with Gasteiger partial charge < -0.3 is 20.5 Å². The van der Waals surface area contributed by atoms with Gasteiger partial charge in [-0.1, -0.05) is 53.5 Å². The summed E-state index contributed by atoms with van der Waals surface area (Å²) in [6, 6.07) is 20.9. The van der Waals surface area contributed by atoms with Crippen molar-refractivity contribution in [1.82, 2.24) is 5.32 Å². The molecule has 3 aromatic rings. The van der Waals surface area contributed by atoms with Crippen LogP contribution in [0.25, 0.3) is 5.70 Å². The first-order valence-electron chi connectivity index (χ1n) is 9.85. The average molecular weight is 442 g/mol. The van der Waals surface area contributed by atoms with Crippen molar-refractivity contribution in [3.63, 3.8) is 0 Å². The van der Waals surface area contributed by atoms with Gasteiger partial charge >= 0.3 is 0 Å². The lowest BCUT2D eigenvalue weighted by Gasteiger charge is -2.30. The molecule has 2 atom stereocenters. The molecular formula is C24H23Cl2N2O2+. The standard InChI is InChI=1S/C24H22Cl2N2O2/c1-2-30-22-9-5-7-18(23(22)29)21-14-20(15-10-12-16(25)13-11-15)27-24(28-21)17-6-3-4-8-19(17)26/h3-14,21,24,27-29H,2H2,1H3/p+1. The summed E-state index contributed by atoms with van der Waals surface area (Å²) in [5, 5.41) is 17.9. The second kappa shape index (κ2) is 9.00. The van der Waals surface area contributed by atoms with Gasteiger partial charge in [-0.05, 0) is 48.9 Å². The Morgan fingerprint density at radius 2 is 1.70 bits per heavy atom. The minimum atomic E-state index is -0.140. The lowest BCUT2D eigenvalue weighted by molar-refractivity contribution is -0.731. The Labute approximate surface area is 186 Å². The summed E-state index contributed by atoms with van der Waals surface area (Å²) in [6.07, 6.45) is 1.97. The van der Waals surface area contributed by atoms with Crippen molar-refractivity contribution in [3.8, 4) is 11.5 Å². The van der Waals surface area contributed by atoms with Crippen LogP contribution in [-0.2, 0) is 0 Å². The van der Waals surface area contributed by atoms with E-state index in [1.54, 1.807) is 6.07 Å². The van der Waals surface area contributed by atoms with Gasteiger partial charge in [0.1, 0.15) is 6.04 Å². The number of ether oxygens (including phenoxy) is 1. The number of aromatic hydroxyl groups is 1. The molecule has 154 valence electrons. The van der Waals surface area contributed by atoms with Crippen molar-refractivity contribution >= 4 is 28.9 Å². The normalized spacial score (nSPS) is 18.4. The summed E-state index contributed by atoms with van der Waals surface area (Å²) in [5.41, 5.74) is 3.72. The molecule has 4 N–H and O–H groups in total. The van der Waals surface area contributed by atoms with Gasteiger partial charge in [-0.3, -0.25) is 0 Å². The van der Waals surface area contributed by atoms with Gasteiger partial charge in [-0.2, -0.15) is 0 Å². The molecular weight excluding hydrogens is 419 g/mol. The minimum Gasteiger partial charge on any atom is -0.504 e. The van der Waals surface area contributed by atoms with E-state index in [-0.39, 0.29) is 18.0 Å². The summed E-state index contributed by atoms with van der Waals surface area (Å²) in [6.45, 7) is 2.38. The van der Waals surface area contributed by atoms with Crippen LogP contribution in [0.15, 0.2) is 72.8 Å². The van der Waals surface area contributed by atoms with E-state index < -0.39 is 0 Å². The smallest absolute Gasteiger partial charge is 0.188 e. The molecule has 4 rings (SSSR count). The largest absolute Gasteiger partial charge is 0.504 e. The van der Waals surface area contributed by atoms with E-state index in [4.69, 9.17) is 27.9 Å². The van der Waals surface area contributed by atoms with Crippen molar-refractivity contribution in [2.45, 2.75) is 19.1 Å². The molecule has 0 saturated carbocycles. The summed E-state index contributed by atoms with van der Waals surface area (Å²) >= 11 is 12.6. The number of rotatable bonds is 5. The summed E-state index contributed by atoms with van der Waals surface area (Å²) in [5.74, 6) is 0.643. The Bertz CT molecular complexity index is 1070. The first-order chi connectivity index (χ1) is 14.6. The van der Waals surface area contributed by atoms with Crippen LogP contribution in [0.1, 0.15) is 35.8 Å². The first kappa shape index (κ1) is 20.6. The molecule has 6 heteroatoms. The van der Waals surface area contributed by atoms with E-state index in [1.807, 2.05) is 67.6 Å². The van der Waals surface area contributed by atoms with E-state index in [0.29, 0.717) is 22.4 Å². The van der Waals surface area contributed by atoms with Crippen LogP contribution in [0, 0.1) is 0 Å². The molecule has 4 nitrogen and oxygen atoms in total. The maximum atomic E-state index is 10.8. The average Bonchev–Trinajstić information content (AvgIpc) is 2.76. The van der Waals surface area contributed by atoms with Gasteiger partial charge in [-0.25, -0.2) is 0 Å². The molecule has 0 aliphatic carbocycles. The summed E-state index contributed by atoms with van der Waals surface area (Å²) in [4.78, 5) is 0. The number of halogens is 2. The number of benzene rings is 3. The van der Waals surface area contributed by atoms with E-state index in [0.717, 1.165) is 22.4 Å². The zero-order chi connectivity index (χ0) is 21.1. The SMILES string of the molecule is CCOc1cccc(C2C=C(c3ccc(Cl)cc3)NC(c3ccccc3Cl)[NH2+]2)c1O. The number of nitrogens with one attached hydrogen (secondary N) is 1. The highest BCUT2D eigenvalue weighted by Crippen LogP contribution is 2.36. The summed E-state index contributed by atoms with van der Waals surface area (Å²) in [7, 11) is 0. The molecule has 1 aliphatic rings. The Kier molecular flexibility index (Phi) is 6.18. The van der Waals surface area contributed by atoms with Crippen molar-refractivity contribution in [2.75, 3.05) is 6.61 Å². The van der Waals surface area contributed by atoms with E-state index >= 15 is 0 Å². The molecule has 0 spiro atoms. The molecule has 2 unspecified atom stereocenters. The van der Waals surface area contributed by atoms with Gasteiger partial charge in [0, 0.05) is 22.4 Å². The van der Waals surface area contributed by atoms with Crippen molar-refractivity contribution in [3.05, 3.63) is 99.5 Å². The number of quaternary nitrogens is 1. The van der Waals surface area contributed by atoms with Crippen LogP contribution < -0.4 is 15.4 Å². The van der Waals surface area contributed by atoms with Crippen LogP contribution in [0.4, 0.5) is 0 Å². The molecule has 0 bridgehead atoms. The molecule has 0 aromatic heterocycles. The fourth-order valence-electron chi connectivity index (χ4n) is 3.70. The molecule has 1 aliphatic heterocycles.